The highest BCUT2D eigenvalue weighted by atomic mass is 16.2. The molecule has 160 valence electrons. The molecule has 1 aliphatic rings. The van der Waals surface area contributed by atoms with Crippen LogP contribution in [0.3, 0.4) is 0 Å². The summed E-state index contributed by atoms with van der Waals surface area (Å²) in [6, 6.07) is 16.3. The van der Waals surface area contributed by atoms with Gasteiger partial charge in [0.1, 0.15) is 6.04 Å². The van der Waals surface area contributed by atoms with E-state index in [0.29, 0.717) is 6.54 Å². The quantitative estimate of drug-likeness (QED) is 0.701. The first-order valence-electron chi connectivity index (χ1n) is 10.9. The van der Waals surface area contributed by atoms with Gasteiger partial charge in [-0.25, -0.2) is 0 Å². The Bertz CT molecular complexity index is 855. The Labute approximate surface area is 179 Å². The van der Waals surface area contributed by atoms with E-state index >= 15 is 0 Å². The summed E-state index contributed by atoms with van der Waals surface area (Å²) < 4.78 is 0. The van der Waals surface area contributed by atoms with Gasteiger partial charge in [-0.1, -0.05) is 62.4 Å². The summed E-state index contributed by atoms with van der Waals surface area (Å²) in [5.74, 6) is -0.332. The number of rotatable bonds is 8. The smallest absolute Gasteiger partial charge is 0.243 e. The average molecular weight is 408 g/mol. The van der Waals surface area contributed by atoms with Gasteiger partial charge in [0, 0.05) is 20.0 Å². The Hall–Kier alpha value is -2.66. The minimum Gasteiger partial charge on any atom is -0.350 e. The van der Waals surface area contributed by atoms with E-state index in [-0.39, 0.29) is 17.7 Å². The molecule has 0 aliphatic carbocycles. The van der Waals surface area contributed by atoms with Crippen LogP contribution in [0.15, 0.2) is 48.5 Å². The van der Waals surface area contributed by atoms with E-state index in [2.05, 4.69) is 45.9 Å². The summed E-state index contributed by atoms with van der Waals surface area (Å²) in [6.45, 7) is 9.12. The zero-order chi connectivity index (χ0) is 21.5. The van der Waals surface area contributed by atoms with Gasteiger partial charge in [-0.05, 0) is 54.1 Å². The zero-order valence-corrected chi connectivity index (χ0v) is 18.3. The van der Waals surface area contributed by atoms with E-state index < -0.39 is 6.04 Å². The van der Waals surface area contributed by atoms with Crippen LogP contribution in [0.4, 0.5) is 0 Å². The van der Waals surface area contributed by atoms with Crippen LogP contribution >= 0.6 is 0 Å². The maximum Gasteiger partial charge on any atom is 0.243 e. The van der Waals surface area contributed by atoms with Crippen LogP contribution < -0.4 is 10.6 Å². The third-order valence-electron chi connectivity index (χ3n) is 5.65. The topological polar surface area (TPSA) is 61.4 Å². The van der Waals surface area contributed by atoms with Gasteiger partial charge in [0.25, 0.3) is 0 Å². The van der Waals surface area contributed by atoms with Crippen LogP contribution in [0.5, 0.6) is 0 Å². The Morgan fingerprint density at radius 3 is 2.30 bits per heavy atom. The van der Waals surface area contributed by atoms with Crippen molar-refractivity contribution in [3.8, 4) is 11.1 Å². The molecule has 0 spiro atoms. The molecular weight excluding hydrogens is 374 g/mol. The minimum atomic E-state index is -0.528. The number of benzene rings is 2. The monoisotopic (exact) mass is 407 g/mol. The molecule has 5 nitrogen and oxygen atoms in total. The molecule has 1 atom stereocenters. The Balaban J connectivity index is 1.68. The molecule has 30 heavy (non-hydrogen) atoms. The van der Waals surface area contributed by atoms with Crippen LogP contribution in [0.25, 0.3) is 11.1 Å². The van der Waals surface area contributed by atoms with Crippen molar-refractivity contribution in [3.05, 3.63) is 59.7 Å². The molecular formula is C25H33N3O2. The maximum atomic E-state index is 12.6. The van der Waals surface area contributed by atoms with Crippen molar-refractivity contribution in [2.24, 2.45) is 5.92 Å². The molecule has 0 radical (unpaired) electrons. The minimum absolute atomic E-state index is 0.0206. The average Bonchev–Trinajstić information content (AvgIpc) is 3.24. The van der Waals surface area contributed by atoms with Crippen molar-refractivity contribution in [1.82, 2.24) is 15.5 Å². The summed E-state index contributed by atoms with van der Waals surface area (Å²) in [4.78, 5) is 26.5. The second-order valence-corrected chi connectivity index (χ2v) is 8.48. The molecule has 2 aromatic carbocycles. The summed E-state index contributed by atoms with van der Waals surface area (Å²) in [7, 11) is 0. The number of hydrogen-bond acceptors (Lipinski definition) is 3. The third kappa shape index (κ3) is 5.92. The van der Waals surface area contributed by atoms with Crippen LogP contribution in [0.1, 0.15) is 44.7 Å². The summed E-state index contributed by atoms with van der Waals surface area (Å²) in [5.41, 5.74) is 4.66. The van der Waals surface area contributed by atoms with Crippen molar-refractivity contribution < 1.29 is 9.59 Å². The second kappa shape index (κ2) is 10.4. The fourth-order valence-electron chi connectivity index (χ4n) is 3.99. The Morgan fingerprint density at radius 2 is 1.67 bits per heavy atom. The molecule has 0 aromatic heterocycles. The molecule has 0 saturated carbocycles. The van der Waals surface area contributed by atoms with E-state index in [1.54, 1.807) is 0 Å². The molecule has 1 fully saturated rings. The van der Waals surface area contributed by atoms with Gasteiger partial charge in [0.15, 0.2) is 0 Å². The van der Waals surface area contributed by atoms with Crippen LogP contribution in [0.2, 0.25) is 0 Å². The Morgan fingerprint density at radius 1 is 1.00 bits per heavy atom. The zero-order valence-electron chi connectivity index (χ0n) is 18.3. The van der Waals surface area contributed by atoms with Gasteiger partial charge < -0.3 is 10.6 Å². The first-order chi connectivity index (χ1) is 14.4. The predicted octanol–water partition coefficient (Wildman–Crippen LogP) is 3.73. The van der Waals surface area contributed by atoms with Gasteiger partial charge in [-0.3, -0.25) is 14.5 Å². The van der Waals surface area contributed by atoms with E-state index in [1.165, 1.54) is 38.4 Å². The highest BCUT2D eigenvalue weighted by molar-refractivity contribution is 5.87. The van der Waals surface area contributed by atoms with Gasteiger partial charge in [-0.15, -0.1) is 0 Å². The molecule has 2 aromatic rings. The lowest BCUT2D eigenvalue weighted by Gasteiger charge is -2.21. The first-order valence-corrected chi connectivity index (χ1v) is 10.9. The maximum absolute atomic E-state index is 12.6. The lowest BCUT2D eigenvalue weighted by Crippen LogP contribution is -2.48. The number of nitrogens with one attached hydrogen (secondary N) is 2. The summed E-state index contributed by atoms with van der Waals surface area (Å²) >= 11 is 0. The standard InChI is InChI=1S/C25H33N3O2/c1-18(2)24(27-19(3)29)25(30)26-16-22-8-4-5-9-23(22)21-12-10-20(11-13-21)17-28-14-6-7-15-28/h4-5,8-13,18,24H,6-7,14-17H2,1-3H3,(H,26,30)(H,27,29). The van der Waals surface area contributed by atoms with E-state index in [9.17, 15) is 9.59 Å². The van der Waals surface area contributed by atoms with Crippen molar-refractivity contribution in [2.75, 3.05) is 13.1 Å². The van der Waals surface area contributed by atoms with Crippen LogP contribution in [-0.2, 0) is 22.7 Å². The highest BCUT2D eigenvalue weighted by Crippen LogP contribution is 2.25. The molecule has 3 rings (SSSR count). The number of amides is 2. The van der Waals surface area contributed by atoms with E-state index in [4.69, 9.17) is 0 Å². The fraction of sp³-hybridized carbons (Fsp3) is 0.440. The van der Waals surface area contributed by atoms with Gasteiger partial charge in [-0.2, -0.15) is 0 Å². The van der Waals surface area contributed by atoms with Gasteiger partial charge >= 0.3 is 0 Å². The fourth-order valence-corrected chi connectivity index (χ4v) is 3.99. The SMILES string of the molecule is CC(=O)NC(C(=O)NCc1ccccc1-c1ccc(CN2CCCC2)cc1)C(C)C. The lowest BCUT2D eigenvalue weighted by atomic mass is 9.98. The second-order valence-electron chi connectivity index (χ2n) is 8.48. The summed E-state index contributed by atoms with van der Waals surface area (Å²) in [6.07, 6.45) is 2.60. The molecule has 1 unspecified atom stereocenters. The molecule has 1 aliphatic heterocycles. The summed E-state index contributed by atoms with van der Waals surface area (Å²) in [5, 5.41) is 5.74. The molecule has 5 heteroatoms. The molecule has 1 heterocycles. The van der Waals surface area contributed by atoms with Crippen LogP contribution in [-0.4, -0.2) is 35.8 Å². The molecule has 2 amide bonds. The van der Waals surface area contributed by atoms with Crippen LogP contribution in [0, 0.1) is 5.92 Å². The number of carbonyl (C=O) groups excluding carboxylic acids is 2. The third-order valence-corrected chi connectivity index (χ3v) is 5.65. The Kier molecular flexibility index (Phi) is 7.63. The number of hydrogen-bond donors (Lipinski definition) is 2. The van der Waals surface area contributed by atoms with E-state index in [0.717, 1.165) is 23.2 Å². The van der Waals surface area contributed by atoms with Gasteiger partial charge in [0.2, 0.25) is 11.8 Å². The molecule has 1 saturated heterocycles. The normalized spacial score (nSPS) is 15.2. The largest absolute Gasteiger partial charge is 0.350 e. The predicted molar refractivity (Wildman–Crippen MR) is 121 cm³/mol. The van der Waals surface area contributed by atoms with Crippen molar-refractivity contribution in [2.45, 2.75) is 52.7 Å². The first kappa shape index (κ1) is 22.0. The van der Waals surface area contributed by atoms with Crippen molar-refractivity contribution in [1.29, 1.82) is 0 Å². The van der Waals surface area contributed by atoms with Crippen molar-refractivity contribution in [3.63, 3.8) is 0 Å². The molecule has 0 bridgehead atoms. The number of carbonyl (C=O) groups is 2. The number of likely N-dealkylation sites (tertiary alicyclic amines) is 1. The molecule has 2 N–H and O–H groups in total. The van der Waals surface area contributed by atoms with Gasteiger partial charge in [0.05, 0.1) is 0 Å². The lowest BCUT2D eigenvalue weighted by molar-refractivity contribution is -0.129. The van der Waals surface area contributed by atoms with E-state index in [1.807, 2.05) is 32.0 Å². The van der Waals surface area contributed by atoms with Crippen molar-refractivity contribution >= 4 is 11.8 Å². The highest BCUT2D eigenvalue weighted by Gasteiger charge is 2.22. The number of nitrogens with zero attached hydrogens (tertiary/aromatic N) is 1.